The zero-order valence-corrected chi connectivity index (χ0v) is 12.1. The maximum Gasteiger partial charge on any atom is 0.0386 e. The van der Waals surface area contributed by atoms with Crippen molar-refractivity contribution >= 4 is 6.08 Å². The van der Waals surface area contributed by atoms with E-state index in [2.05, 4.69) is 69.5 Å². The lowest BCUT2D eigenvalue weighted by Crippen LogP contribution is -2.27. The van der Waals surface area contributed by atoms with Gasteiger partial charge >= 0.3 is 0 Å². The Kier molecular flexibility index (Phi) is 5.70. The van der Waals surface area contributed by atoms with Crippen LogP contribution in [-0.2, 0) is 0 Å². The third-order valence-corrected chi connectivity index (χ3v) is 2.78. The van der Waals surface area contributed by atoms with Gasteiger partial charge in [-0.3, -0.25) is 0 Å². The summed E-state index contributed by atoms with van der Waals surface area (Å²) in [6.07, 6.45) is 2.25. The number of rotatable bonds is 6. The molecule has 0 spiro atoms. The standard InChI is InChI=1S/C17H25N/c1-14(2)12-18(15(3)4)13-16(5)11-17-9-7-6-8-10-17/h6-11,14H,3,12-13H2,1-2,4-5H3/b16-11+. The summed E-state index contributed by atoms with van der Waals surface area (Å²) in [4.78, 5) is 2.35. The molecule has 0 unspecified atom stereocenters. The van der Waals surface area contributed by atoms with Crippen LogP contribution in [0.4, 0.5) is 0 Å². The highest BCUT2D eigenvalue weighted by atomic mass is 15.1. The average molecular weight is 243 g/mol. The quantitative estimate of drug-likeness (QED) is 0.707. The summed E-state index contributed by atoms with van der Waals surface area (Å²) in [7, 11) is 0. The van der Waals surface area contributed by atoms with Gasteiger partial charge in [0.25, 0.3) is 0 Å². The molecule has 1 nitrogen and oxygen atoms in total. The Morgan fingerprint density at radius 3 is 2.33 bits per heavy atom. The van der Waals surface area contributed by atoms with Crippen molar-refractivity contribution in [2.24, 2.45) is 5.92 Å². The Bertz CT molecular complexity index is 401. The summed E-state index contributed by atoms with van der Waals surface area (Å²) < 4.78 is 0. The van der Waals surface area contributed by atoms with Gasteiger partial charge in [-0.15, -0.1) is 0 Å². The Hall–Kier alpha value is -1.50. The smallest absolute Gasteiger partial charge is 0.0386 e. The van der Waals surface area contributed by atoms with Crippen molar-refractivity contribution in [2.75, 3.05) is 13.1 Å². The summed E-state index contributed by atoms with van der Waals surface area (Å²) >= 11 is 0. The summed E-state index contributed by atoms with van der Waals surface area (Å²) in [6, 6.07) is 10.5. The maximum atomic E-state index is 4.07. The normalized spacial score (nSPS) is 11.7. The van der Waals surface area contributed by atoms with E-state index < -0.39 is 0 Å². The van der Waals surface area contributed by atoms with Crippen molar-refractivity contribution in [2.45, 2.75) is 27.7 Å². The molecule has 0 saturated heterocycles. The van der Waals surface area contributed by atoms with Gasteiger partial charge in [0.2, 0.25) is 0 Å². The number of hydrogen-bond donors (Lipinski definition) is 0. The highest BCUT2D eigenvalue weighted by Gasteiger charge is 2.07. The first-order valence-corrected chi connectivity index (χ1v) is 6.61. The molecule has 1 rings (SSSR count). The van der Waals surface area contributed by atoms with Crippen molar-refractivity contribution in [3.63, 3.8) is 0 Å². The van der Waals surface area contributed by atoms with Crippen molar-refractivity contribution in [3.8, 4) is 0 Å². The van der Waals surface area contributed by atoms with Gasteiger partial charge in [-0.1, -0.05) is 62.4 Å². The van der Waals surface area contributed by atoms with Gasteiger partial charge in [-0.25, -0.2) is 0 Å². The van der Waals surface area contributed by atoms with Crippen LogP contribution >= 0.6 is 0 Å². The predicted molar refractivity (Wildman–Crippen MR) is 81.3 cm³/mol. The van der Waals surface area contributed by atoms with Crippen LogP contribution in [0.15, 0.2) is 48.2 Å². The van der Waals surface area contributed by atoms with Crippen molar-refractivity contribution in [1.29, 1.82) is 0 Å². The molecule has 0 aliphatic heterocycles. The fourth-order valence-electron chi connectivity index (χ4n) is 1.98. The van der Waals surface area contributed by atoms with E-state index in [0.29, 0.717) is 5.92 Å². The lowest BCUT2D eigenvalue weighted by atomic mass is 10.1. The molecule has 18 heavy (non-hydrogen) atoms. The zero-order chi connectivity index (χ0) is 13.5. The van der Waals surface area contributed by atoms with Gasteiger partial charge in [-0.05, 0) is 25.3 Å². The molecule has 0 heterocycles. The van der Waals surface area contributed by atoms with Gasteiger partial charge in [0.15, 0.2) is 0 Å². The molecule has 0 atom stereocenters. The molecule has 0 aliphatic carbocycles. The van der Waals surface area contributed by atoms with E-state index in [0.717, 1.165) is 18.8 Å². The Morgan fingerprint density at radius 1 is 1.22 bits per heavy atom. The van der Waals surface area contributed by atoms with Crippen LogP contribution < -0.4 is 0 Å². The molecule has 1 aromatic rings. The minimum atomic E-state index is 0.659. The van der Waals surface area contributed by atoms with Crippen LogP contribution in [0.25, 0.3) is 6.08 Å². The van der Waals surface area contributed by atoms with E-state index in [-0.39, 0.29) is 0 Å². The van der Waals surface area contributed by atoms with Crippen molar-refractivity contribution < 1.29 is 0 Å². The van der Waals surface area contributed by atoms with Gasteiger partial charge in [0, 0.05) is 18.8 Å². The van der Waals surface area contributed by atoms with Gasteiger partial charge < -0.3 is 4.90 Å². The van der Waals surface area contributed by atoms with Crippen LogP contribution in [0.2, 0.25) is 0 Å². The number of allylic oxidation sites excluding steroid dienone is 1. The summed E-state index contributed by atoms with van der Waals surface area (Å²) in [5.41, 5.74) is 3.77. The van der Waals surface area contributed by atoms with Crippen molar-refractivity contribution in [3.05, 3.63) is 53.7 Å². The number of hydrogen-bond acceptors (Lipinski definition) is 1. The molecule has 0 amide bonds. The van der Waals surface area contributed by atoms with Crippen molar-refractivity contribution in [1.82, 2.24) is 4.90 Å². The van der Waals surface area contributed by atoms with E-state index >= 15 is 0 Å². The molecule has 1 aromatic carbocycles. The fraction of sp³-hybridized carbons (Fsp3) is 0.412. The first-order chi connectivity index (χ1) is 8.49. The first kappa shape index (κ1) is 14.6. The van der Waals surface area contributed by atoms with Crippen LogP contribution in [-0.4, -0.2) is 18.0 Å². The Labute approximate surface area is 112 Å². The Morgan fingerprint density at radius 2 is 1.83 bits per heavy atom. The monoisotopic (exact) mass is 243 g/mol. The Balaban J connectivity index is 2.69. The molecular weight excluding hydrogens is 218 g/mol. The third kappa shape index (κ3) is 5.22. The maximum absolute atomic E-state index is 4.07. The molecule has 1 heteroatoms. The second kappa shape index (κ2) is 7.05. The highest BCUT2D eigenvalue weighted by Crippen LogP contribution is 2.12. The molecule has 98 valence electrons. The molecular formula is C17H25N. The van der Waals surface area contributed by atoms with Gasteiger partial charge in [0.05, 0.1) is 0 Å². The first-order valence-electron chi connectivity index (χ1n) is 6.61. The summed E-state index contributed by atoms with van der Waals surface area (Å²) in [6.45, 7) is 14.8. The SMILES string of the molecule is C=C(C)N(C/C(C)=C/c1ccccc1)CC(C)C. The molecule has 0 radical (unpaired) electrons. The lowest BCUT2D eigenvalue weighted by Gasteiger charge is -2.27. The van der Waals surface area contributed by atoms with E-state index in [1.54, 1.807) is 0 Å². The van der Waals surface area contributed by atoms with E-state index in [1.165, 1.54) is 11.1 Å². The molecule has 0 aliphatic rings. The molecule has 0 bridgehead atoms. The van der Waals surface area contributed by atoms with Crippen LogP contribution in [0.5, 0.6) is 0 Å². The van der Waals surface area contributed by atoms with E-state index in [4.69, 9.17) is 0 Å². The number of nitrogens with zero attached hydrogens (tertiary/aromatic N) is 1. The topological polar surface area (TPSA) is 3.24 Å². The third-order valence-electron chi connectivity index (χ3n) is 2.78. The molecule has 0 saturated carbocycles. The molecule has 0 aromatic heterocycles. The second-order valence-corrected chi connectivity index (χ2v) is 5.41. The van der Waals surface area contributed by atoms with Crippen LogP contribution in [0.1, 0.15) is 33.3 Å². The summed E-state index contributed by atoms with van der Waals surface area (Å²) in [5.74, 6) is 0.659. The largest absolute Gasteiger partial charge is 0.371 e. The van der Waals surface area contributed by atoms with E-state index in [9.17, 15) is 0 Å². The highest BCUT2D eigenvalue weighted by molar-refractivity contribution is 5.52. The summed E-state index contributed by atoms with van der Waals surface area (Å²) in [5, 5.41) is 0. The lowest BCUT2D eigenvalue weighted by molar-refractivity contribution is 0.328. The predicted octanol–water partition coefficient (Wildman–Crippen LogP) is 4.58. The van der Waals surface area contributed by atoms with Crippen LogP contribution in [0.3, 0.4) is 0 Å². The fourth-order valence-corrected chi connectivity index (χ4v) is 1.98. The van der Waals surface area contributed by atoms with Crippen LogP contribution in [0, 0.1) is 5.92 Å². The average Bonchev–Trinajstić information content (AvgIpc) is 2.28. The molecule has 0 N–H and O–H groups in total. The minimum absolute atomic E-state index is 0.659. The second-order valence-electron chi connectivity index (χ2n) is 5.41. The number of benzene rings is 1. The van der Waals surface area contributed by atoms with Gasteiger partial charge in [0.1, 0.15) is 0 Å². The van der Waals surface area contributed by atoms with E-state index in [1.807, 2.05) is 6.07 Å². The molecule has 0 fully saturated rings. The van der Waals surface area contributed by atoms with Gasteiger partial charge in [-0.2, -0.15) is 0 Å². The zero-order valence-electron chi connectivity index (χ0n) is 12.1. The minimum Gasteiger partial charge on any atom is -0.371 e.